The van der Waals surface area contributed by atoms with Crippen LogP contribution in [-0.4, -0.2) is 29.0 Å². The van der Waals surface area contributed by atoms with Gasteiger partial charge in [0, 0.05) is 13.1 Å². The molecule has 0 N–H and O–H groups in total. The highest BCUT2D eigenvalue weighted by Crippen LogP contribution is 2.32. The molecule has 0 aliphatic carbocycles. The molecule has 31 heavy (non-hydrogen) atoms. The van der Waals surface area contributed by atoms with Crippen molar-refractivity contribution in [2.45, 2.75) is 32.8 Å². The summed E-state index contributed by atoms with van der Waals surface area (Å²) < 4.78 is 5.48. The zero-order valence-electron chi connectivity index (χ0n) is 17.9. The van der Waals surface area contributed by atoms with Crippen molar-refractivity contribution in [3.63, 3.8) is 0 Å². The third-order valence-electron chi connectivity index (χ3n) is 5.61. The van der Waals surface area contributed by atoms with Crippen LogP contribution in [0.2, 0.25) is 0 Å². The molecule has 4 rings (SSSR count). The van der Waals surface area contributed by atoms with E-state index in [4.69, 9.17) is 14.7 Å². The number of ether oxygens (including phenoxy) is 1. The number of nitrogens with zero attached hydrogens (tertiary/aromatic N) is 4. The highest BCUT2D eigenvalue weighted by Gasteiger charge is 2.32. The van der Waals surface area contributed by atoms with Gasteiger partial charge in [0.05, 0.1) is 17.1 Å². The van der Waals surface area contributed by atoms with Crippen molar-refractivity contribution in [1.29, 1.82) is 5.26 Å². The van der Waals surface area contributed by atoms with Gasteiger partial charge in [-0.3, -0.25) is 4.79 Å². The molecule has 0 spiro atoms. The minimum atomic E-state index is -1.14. The second-order valence-electron chi connectivity index (χ2n) is 8.43. The minimum Gasteiger partial charge on any atom is -0.460 e. The summed E-state index contributed by atoms with van der Waals surface area (Å²) in [7, 11) is 0. The van der Waals surface area contributed by atoms with Gasteiger partial charge in [0.25, 0.3) is 0 Å². The Morgan fingerprint density at radius 3 is 2.32 bits per heavy atom. The lowest BCUT2D eigenvalue weighted by atomic mass is 9.91. The third kappa shape index (κ3) is 4.66. The number of fused-ring (bicyclic) bond motifs is 1. The van der Waals surface area contributed by atoms with E-state index in [2.05, 4.69) is 24.8 Å². The van der Waals surface area contributed by atoms with Gasteiger partial charge in [-0.2, -0.15) is 5.26 Å². The smallest absolute Gasteiger partial charge is 0.330 e. The van der Waals surface area contributed by atoms with Crippen LogP contribution < -0.4 is 4.90 Å². The normalized spacial score (nSPS) is 19.6. The molecular weight excluding hydrogens is 388 g/mol. The van der Waals surface area contributed by atoms with E-state index in [0.717, 1.165) is 30.6 Å². The number of para-hydroxylation sites is 2. The number of carbonyl (C=O) groups excluding carboxylic acids is 1. The molecule has 6 heteroatoms. The Hall–Kier alpha value is -3.46. The Balaban J connectivity index is 1.69. The SMILES string of the molecule is C[C@@H]1C[C@H](C)CN(c2nc3ccccc3nc2[C@@H](C#N)C(=O)OCc2ccccc2)C1. The van der Waals surface area contributed by atoms with Gasteiger partial charge >= 0.3 is 5.97 Å². The van der Waals surface area contributed by atoms with Crippen LogP contribution >= 0.6 is 0 Å². The molecule has 1 saturated heterocycles. The maximum atomic E-state index is 12.9. The standard InChI is InChI=1S/C25H26N4O2/c1-17-12-18(2)15-29(14-17)24-23(27-21-10-6-7-11-22(21)28-24)20(13-26)25(30)31-16-19-8-4-3-5-9-19/h3-11,17-18,20H,12,14-16H2,1-2H3/t17-,18+,20-/m1/s1. The van der Waals surface area contributed by atoms with Crippen molar-refractivity contribution >= 4 is 22.8 Å². The van der Waals surface area contributed by atoms with Crippen LogP contribution in [0.1, 0.15) is 37.4 Å². The first-order valence-corrected chi connectivity index (χ1v) is 10.7. The molecular formula is C25H26N4O2. The van der Waals surface area contributed by atoms with E-state index < -0.39 is 11.9 Å². The summed E-state index contributed by atoms with van der Waals surface area (Å²) in [5.74, 6) is -0.134. The first-order valence-electron chi connectivity index (χ1n) is 10.7. The number of anilines is 1. The largest absolute Gasteiger partial charge is 0.460 e. The fourth-order valence-electron chi connectivity index (χ4n) is 4.30. The molecule has 1 aliphatic heterocycles. The Morgan fingerprint density at radius 1 is 1.06 bits per heavy atom. The summed E-state index contributed by atoms with van der Waals surface area (Å²) in [6.45, 7) is 6.19. The number of piperidine rings is 1. The number of carbonyl (C=O) groups is 1. The van der Waals surface area contributed by atoms with E-state index >= 15 is 0 Å². The average Bonchev–Trinajstić information content (AvgIpc) is 2.78. The van der Waals surface area contributed by atoms with Crippen LogP contribution in [0, 0.1) is 23.2 Å². The fraction of sp³-hybridized carbons (Fsp3) is 0.360. The lowest BCUT2D eigenvalue weighted by molar-refractivity contribution is -0.145. The summed E-state index contributed by atoms with van der Waals surface area (Å²) in [6, 6.07) is 19.1. The zero-order valence-corrected chi connectivity index (χ0v) is 17.9. The molecule has 3 atom stereocenters. The van der Waals surface area contributed by atoms with Crippen LogP contribution in [0.25, 0.3) is 11.0 Å². The van der Waals surface area contributed by atoms with E-state index in [1.165, 1.54) is 0 Å². The summed E-state index contributed by atoms with van der Waals surface area (Å²) in [4.78, 5) is 24.6. The number of rotatable bonds is 5. The highest BCUT2D eigenvalue weighted by atomic mass is 16.5. The average molecular weight is 415 g/mol. The number of esters is 1. The number of benzene rings is 2. The van der Waals surface area contributed by atoms with Crippen molar-refractivity contribution < 1.29 is 9.53 Å². The number of aromatic nitrogens is 2. The molecule has 1 aromatic heterocycles. The molecule has 0 amide bonds. The molecule has 1 aliphatic rings. The third-order valence-corrected chi connectivity index (χ3v) is 5.61. The molecule has 1 fully saturated rings. The highest BCUT2D eigenvalue weighted by molar-refractivity contribution is 5.85. The van der Waals surface area contributed by atoms with E-state index in [1.807, 2.05) is 54.6 Å². The maximum Gasteiger partial charge on any atom is 0.330 e. The van der Waals surface area contributed by atoms with Crippen LogP contribution in [0.3, 0.4) is 0 Å². The van der Waals surface area contributed by atoms with Gasteiger partial charge < -0.3 is 9.64 Å². The first-order chi connectivity index (χ1) is 15.0. The van der Waals surface area contributed by atoms with Gasteiger partial charge in [-0.25, -0.2) is 9.97 Å². The van der Waals surface area contributed by atoms with E-state index in [0.29, 0.717) is 28.9 Å². The van der Waals surface area contributed by atoms with Crippen LogP contribution in [-0.2, 0) is 16.1 Å². The molecule has 158 valence electrons. The number of nitriles is 1. The van der Waals surface area contributed by atoms with Gasteiger partial charge in [-0.15, -0.1) is 0 Å². The maximum absolute atomic E-state index is 12.9. The zero-order chi connectivity index (χ0) is 21.8. The lowest BCUT2D eigenvalue weighted by Gasteiger charge is -2.36. The predicted molar refractivity (Wildman–Crippen MR) is 119 cm³/mol. The van der Waals surface area contributed by atoms with Crippen molar-refractivity contribution in [2.24, 2.45) is 11.8 Å². The Bertz CT molecular complexity index is 1100. The predicted octanol–water partition coefficient (Wildman–Crippen LogP) is 4.46. The quantitative estimate of drug-likeness (QED) is 0.574. The van der Waals surface area contributed by atoms with Gasteiger partial charge in [-0.05, 0) is 36.0 Å². The van der Waals surface area contributed by atoms with Gasteiger partial charge in [0.15, 0.2) is 11.7 Å². The topological polar surface area (TPSA) is 79.1 Å². The molecule has 0 unspecified atom stereocenters. The van der Waals surface area contributed by atoms with Crippen molar-refractivity contribution in [2.75, 3.05) is 18.0 Å². The molecule has 0 radical (unpaired) electrons. The van der Waals surface area contributed by atoms with Crippen LogP contribution in [0.5, 0.6) is 0 Å². The second-order valence-corrected chi connectivity index (χ2v) is 8.43. The Kier molecular flexibility index (Phi) is 6.13. The summed E-state index contributed by atoms with van der Waals surface area (Å²) in [6.07, 6.45) is 1.15. The number of hydrogen-bond acceptors (Lipinski definition) is 6. The van der Waals surface area contributed by atoms with Crippen molar-refractivity contribution in [3.05, 3.63) is 65.9 Å². The molecule has 2 heterocycles. The molecule has 0 bridgehead atoms. The lowest BCUT2D eigenvalue weighted by Crippen LogP contribution is -2.40. The Morgan fingerprint density at radius 2 is 1.68 bits per heavy atom. The van der Waals surface area contributed by atoms with Crippen LogP contribution in [0.15, 0.2) is 54.6 Å². The summed E-state index contributed by atoms with van der Waals surface area (Å²) in [5, 5.41) is 9.91. The molecule has 6 nitrogen and oxygen atoms in total. The van der Waals surface area contributed by atoms with Gasteiger partial charge in [-0.1, -0.05) is 56.3 Å². The van der Waals surface area contributed by atoms with Crippen molar-refractivity contribution in [3.8, 4) is 6.07 Å². The molecule has 3 aromatic rings. The van der Waals surface area contributed by atoms with E-state index in [-0.39, 0.29) is 6.61 Å². The summed E-state index contributed by atoms with van der Waals surface area (Å²) in [5.41, 5.74) is 2.66. The molecule has 0 saturated carbocycles. The van der Waals surface area contributed by atoms with Crippen molar-refractivity contribution in [1.82, 2.24) is 9.97 Å². The Labute approximate surface area is 182 Å². The van der Waals surface area contributed by atoms with Gasteiger partial charge in [0.2, 0.25) is 0 Å². The first kappa shape index (κ1) is 20.8. The molecule has 2 aromatic carbocycles. The van der Waals surface area contributed by atoms with E-state index in [9.17, 15) is 10.1 Å². The minimum absolute atomic E-state index is 0.117. The fourth-order valence-corrected chi connectivity index (χ4v) is 4.30. The van der Waals surface area contributed by atoms with E-state index in [1.54, 1.807) is 0 Å². The van der Waals surface area contributed by atoms with Crippen LogP contribution in [0.4, 0.5) is 5.82 Å². The monoisotopic (exact) mass is 414 g/mol. The number of hydrogen-bond donors (Lipinski definition) is 0. The summed E-state index contributed by atoms with van der Waals surface area (Å²) >= 11 is 0. The van der Waals surface area contributed by atoms with Gasteiger partial charge in [0.1, 0.15) is 12.3 Å². The second kappa shape index (κ2) is 9.13.